The van der Waals surface area contributed by atoms with Crippen LogP contribution in [0.1, 0.15) is 29.3 Å². The molecule has 1 rings (SSSR count). The molecule has 0 aliphatic heterocycles. The van der Waals surface area contributed by atoms with Crippen LogP contribution in [0.5, 0.6) is 5.75 Å². The highest BCUT2D eigenvalue weighted by molar-refractivity contribution is 5.94. The van der Waals surface area contributed by atoms with Crippen molar-refractivity contribution in [3.8, 4) is 5.75 Å². The van der Waals surface area contributed by atoms with Crippen LogP contribution in [0.4, 0.5) is 0 Å². The van der Waals surface area contributed by atoms with Crippen molar-refractivity contribution in [2.24, 2.45) is 0 Å². The normalized spacial score (nSPS) is 12.2. The zero-order chi connectivity index (χ0) is 12.1. The topological polar surface area (TPSA) is 69.6 Å². The van der Waals surface area contributed by atoms with E-state index < -0.39 is 6.10 Å². The van der Waals surface area contributed by atoms with Gasteiger partial charge in [0.15, 0.2) is 0 Å². The lowest BCUT2D eigenvalue weighted by Gasteiger charge is -2.10. The summed E-state index contributed by atoms with van der Waals surface area (Å²) in [6, 6.07) is 4.65. The van der Waals surface area contributed by atoms with Crippen molar-refractivity contribution in [3.63, 3.8) is 0 Å². The molecule has 0 aromatic heterocycles. The van der Waals surface area contributed by atoms with E-state index >= 15 is 0 Å². The van der Waals surface area contributed by atoms with Crippen molar-refractivity contribution >= 4 is 5.91 Å². The average Bonchev–Trinajstić information content (AvgIpc) is 2.29. The minimum Gasteiger partial charge on any atom is -0.508 e. The van der Waals surface area contributed by atoms with Gasteiger partial charge in [0.2, 0.25) is 0 Å². The summed E-state index contributed by atoms with van der Waals surface area (Å²) >= 11 is 0. The number of hydrogen-bond donors (Lipinski definition) is 3. The summed E-state index contributed by atoms with van der Waals surface area (Å²) in [5.41, 5.74) is 1.14. The summed E-state index contributed by atoms with van der Waals surface area (Å²) in [6.07, 6.45) is 0.0942. The quantitative estimate of drug-likeness (QED) is 0.718. The summed E-state index contributed by atoms with van der Waals surface area (Å²) < 4.78 is 0. The Balaban J connectivity index is 2.63. The number of benzene rings is 1. The van der Waals surface area contributed by atoms with Crippen LogP contribution in [0.3, 0.4) is 0 Å². The molecule has 1 aromatic rings. The van der Waals surface area contributed by atoms with Gasteiger partial charge in [-0.1, -0.05) is 6.92 Å². The Bertz CT molecular complexity index is 377. The van der Waals surface area contributed by atoms with Crippen LogP contribution in [-0.2, 0) is 0 Å². The first-order valence-electron chi connectivity index (χ1n) is 5.30. The van der Waals surface area contributed by atoms with E-state index in [-0.39, 0.29) is 18.2 Å². The number of carbonyl (C=O) groups is 1. The van der Waals surface area contributed by atoms with Crippen LogP contribution in [0.15, 0.2) is 18.2 Å². The fourth-order valence-electron chi connectivity index (χ4n) is 1.25. The Morgan fingerprint density at radius 2 is 2.19 bits per heavy atom. The number of nitrogens with one attached hydrogen (secondary N) is 1. The molecular formula is C12H17NO3. The van der Waals surface area contributed by atoms with Gasteiger partial charge in [-0.3, -0.25) is 4.79 Å². The largest absolute Gasteiger partial charge is 0.508 e. The Kier molecular flexibility index (Phi) is 4.31. The molecular weight excluding hydrogens is 206 g/mol. The molecule has 1 unspecified atom stereocenters. The third-order valence-electron chi connectivity index (χ3n) is 2.43. The minimum atomic E-state index is -0.512. The Morgan fingerprint density at radius 3 is 2.75 bits per heavy atom. The maximum absolute atomic E-state index is 11.6. The second-order valence-electron chi connectivity index (χ2n) is 3.77. The van der Waals surface area contributed by atoms with Gasteiger partial charge >= 0.3 is 0 Å². The standard InChI is InChI=1S/C12H17NO3/c1-3-10(14)7-13-12(16)9-4-5-11(15)8(2)6-9/h4-6,10,14-15H,3,7H2,1-2H3,(H,13,16). The molecule has 4 nitrogen and oxygen atoms in total. The molecule has 0 aliphatic carbocycles. The van der Waals surface area contributed by atoms with Crippen molar-refractivity contribution in [1.29, 1.82) is 0 Å². The van der Waals surface area contributed by atoms with E-state index in [1.54, 1.807) is 19.1 Å². The van der Waals surface area contributed by atoms with Crippen LogP contribution in [0, 0.1) is 6.92 Å². The van der Waals surface area contributed by atoms with E-state index in [1.165, 1.54) is 6.07 Å². The number of carbonyl (C=O) groups excluding carboxylic acids is 1. The zero-order valence-electron chi connectivity index (χ0n) is 9.53. The number of aliphatic hydroxyl groups is 1. The fourth-order valence-corrected chi connectivity index (χ4v) is 1.25. The summed E-state index contributed by atoms with van der Waals surface area (Å²) in [5, 5.41) is 21.2. The molecule has 1 aromatic carbocycles. The number of aryl methyl sites for hydroxylation is 1. The maximum atomic E-state index is 11.6. The van der Waals surface area contributed by atoms with Crippen LogP contribution in [-0.4, -0.2) is 28.8 Å². The number of amides is 1. The Hall–Kier alpha value is -1.55. The first-order valence-corrected chi connectivity index (χ1v) is 5.30. The van der Waals surface area contributed by atoms with Gasteiger partial charge in [-0.25, -0.2) is 0 Å². The number of phenolic OH excluding ortho intramolecular Hbond substituents is 1. The van der Waals surface area contributed by atoms with Gasteiger partial charge in [-0.05, 0) is 37.1 Å². The number of aromatic hydroxyl groups is 1. The smallest absolute Gasteiger partial charge is 0.251 e. The molecule has 3 N–H and O–H groups in total. The van der Waals surface area contributed by atoms with Gasteiger partial charge in [0.25, 0.3) is 5.91 Å². The Morgan fingerprint density at radius 1 is 1.50 bits per heavy atom. The predicted octanol–water partition coefficient (Wildman–Crippen LogP) is 1.20. The number of hydrogen-bond acceptors (Lipinski definition) is 3. The molecule has 88 valence electrons. The highest BCUT2D eigenvalue weighted by Crippen LogP contribution is 2.16. The molecule has 1 atom stereocenters. The first-order chi connectivity index (χ1) is 7.54. The molecule has 1 amide bonds. The van der Waals surface area contributed by atoms with Crippen LogP contribution < -0.4 is 5.32 Å². The van der Waals surface area contributed by atoms with E-state index in [9.17, 15) is 15.0 Å². The molecule has 0 spiro atoms. The monoisotopic (exact) mass is 223 g/mol. The molecule has 0 radical (unpaired) electrons. The fraction of sp³-hybridized carbons (Fsp3) is 0.417. The van der Waals surface area contributed by atoms with Crippen molar-refractivity contribution in [2.45, 2.75) is 26.4 Å². The van der Waals surface area contributed by atoms with Gasteiger partial charge in [-0.2, -0.15) is 0 Å². The van der Waals surface area contributed by atoms with Crippen LogP contribution >= 0.6 is 0 Å². The number of rotatable bonds is 4. The van der Waals surface area contributed by atoms with Gasteiger partial charge < -0.3 is 15.5 Å². The molecule has 0 heterocycles. The summed E-state index contributed by atoms with van der Waals surface area (Å²) in [5.74, 6) is -0.0688. The lowest BCUT2D eigenvalue weighted by molar-refractivity contribution is 0.0914. The average molecular weight is 223 g/mol. The number of aliphatic hydroxyl groups excluding tert-OH is 1. The van der Waals surface area contributed by atoms with Gasteiger partial charge in [-0.15, -0.1) is 0 Å². The van der Waals surface area contributed by atoms with Crippen molar-refractivity contribution in [2.75, 3.05) is 6.54 Å². The molecule has 16 heavy (non-hydrogen) atoms. The third-order valence-corrected chi connectivity index (χ3v) is 2.43. The summed E-state index contributed by atoms with van der Waals surface area (Å²) in [7, 11) is 0. The maximum Gasteiger partial charge on any atom is 0.251 e. The molecule has 4 heteroatoms. The highest BCUT2D eigenvalue weighted by atomic mass is 16.3. The first kappa shape index (κ1) is 12.5. The molecule has 0 aliphatic rings. The van der Waals surface area contributed by atoms with Crippen LogP contribution in [0.2, 0.25) is 0 Å². The van der Waals surface area contributed by atoms with E-state index in [4.69, 9.17) is 0 Å². The second-order valence-corrected chi connectivity index (χ2v) is 3.77. The third kappa shape index (κ3) is 3.24. The second kappa shape index (κ2) is 5.51. The van der Waals surface area contributed by atoms with Gasteiger partial charge in [0.05, 0.1) is 6.10 Å². The zero-order valence-corrected chi connectivity index (χ0v) is 9.53. The number of phenols is 1. The Labute approximate surface area is 94.9 Å². The lowest BCUT2D eigenvalue weighted by Crippen LogP contribution is -2.31. The van der Waals surface area contributed by atoms with E-state index in [0.29, 0.717) is 17.5 Å². The predicted molar refractivity (Wildman–Crippen MR) is 61.5 cm³/mol. The van der Waals surface area contributed by atoms with Crippen molar-refractivity contribution < 1.29 is 15.0 Å². The lowest BCUT2D eigenvalue weighted by atomic mass is 10.1. The van der Waals surface area contributed by atoms with Gasteiger partial charge in [0.1, 0.15) is 5.75 Å². The molecule has 0 fully saturated rings. The SMILES string of the molecule is CCC(O)CNC(=O)c1ccc(O)c(C)c1. The summed E-state index contributed by atoms with van der Waals surface area (Å²) in [6.45, 7) is 3.82. The van der Waals surface area contributed by atoms with E-state index in [2.05, 4.69) is 5.32 Å². The molecule has 0 bridgehead atoms. The van der Waals surface area contributed by atoms with E-state index in [1.807, 2.05) is 6.92 Å². The highest BCUT2D eigenvalue weighted by Gasteiger charge is 2.08. The molecule has 0 saturated carbocycles. The van der Waals surface area contributed by atoms with Crippen LogP contribution in [0.25, 0.3) is 0 Å². The van der Waals surface area contributed by atoms with Crippen molar-refractivity contribution in [1.82, 2.24) is 5.32 Å². The minimum absolute atomic E-state index is 0.171. The summed E-state index contributed by atoms with van der Waals surface area (Å²) in [4.78, 5) is 11.6. The van der Waals surface area contributed by atoms with Crippen molar-refractivity contribution in [3.05, 3.63) is 29.3 Å². The molecule has 0 saturated heterocycles. The van der Waals surface area contributed by atoms with Gasteiger partial charge in [0, 0.05) is 12.1 Å². The van der Waals surface area contributed by atoms with E-state index in [0.717, 1.165) is 0 Å².